The van der Waals surface area contributed by atoms with Crippen molar-refractivity contribution >= 4 is 45.8 Å². The molecular formula is C26H16ClN3O2. The van der Waals surface area contributed by atoms with Crippen LogP contribution in [0.5, 0.6) is 5.75 Å². The summed E-state index contributed by atoms with van der Waals surface area (Å²) < 4.78 is 11.3. The SMILES string of the molecule is N#Cc1nc2ccc(COc3cccc(C=Cc4ccc5ccc(Cl)cc5n4)c3)cc2o1. The molecule has 0 aliphatic rings. The van der Waals surface area contributed by atoms with Crippen molar-refractivity contribution < 1.29 is 9.15 Å². The summed E-state index contributed by atoms with van der Waals surface area (Å²) in [6.07, 6.45) is 3.96. The van der Waals surface area contributed by atoms with E-state index in [9.17, 15) is 0 Å². The van der Waals surface area contributed by atoms with Crippen LogP contribution in [0.3, 0.4) is 0 Å². The van der Waals surface area contributed by atoms with E-state index in [2.05, 4.69) is 9.97 Å². The highest BCUT2D eigenvalue weighted by molar-refractivity contribution is 6.31. The fourth-order valence-corrected chi connectivity index (χ4v) is 3.53. The zero-order valence-electron chi connectivity index (χ0n) is 16.8. The largest absolute Gasteiger partial charge is 0.489 e. The van der Waals surface area contributed by atoms with Crippen LogP contribution in [-0.4, -0.2) is 9.97 Å². The molecule has 0 saturated carbocycles. The molecular weight excluding hydrogens is 422 g/mol. The summed E-state index contributed by atoms with van der Waals surface area (Å²) in [4.78, 5) is 8.73. The summed E-state index contributed by atoms with van der Waals surface area (Å²) in [6, 6.07) is 25.0. The summed E-state index contributed by atoms with van der Waals surface area (Å²) in [7, 11) is 0. The number of halogens is 1. The van der Waals surface area contributed by atoms with Gasteiger partial charge in [0, 0.05) is 10.4 Å². The van der Waals surface area contributed by atoms with E-state index in [0.717, 1.165) is 33.5 Å². The standard InChI is InChI=1S/C26H16ClN3O2/c27-20-8-6-19-7-10-21(29-24(19)14-20)9-4-17-2-1-3-22(12-17)31-16-18-5-11-23-25(13-18)32-26(15-28)30-23/h1-14H,16H2. The molecule has 0 aliphatic carbocycles. The number of oxazole rings is 1. The molecule has 5 aromatic rings. The van der Waals surface area contributed by atoms with Crippen molar-refractivity contribution in [1.82, 2.24) is 9.97 Å². The van der Waals surface area contributed by atoms with E-state index in [1.54, 1.807) is 0 Å². The van der Waals surface area contributed by atoms with Gasteiger partial charge in [0.1, 0.15) is 17.9 Å². The third-order valence-corrected chi connectivity index (χ3v) is 5.17. The zero-order chi connectivity index (χ0) is 21.9. The van der Waals surface area contributed by atoms with Crippen LogP contribution in [0.2, 0.25) is 5.02 Å². The first-order chi connectivity index (χ1) is 15.7. The van der Waals surface area contributed by atoms with Gasteiger partial charge in [0.05, 0.1) is 11.2 Å². The maximum Gasteiger partial charge on any atom is 0.301 e. The lowest BCUT2D eigenvalue weighted by molar-refractivity contribution is 0.306. The number of aromatic nitrogens is 2. The predicted octanol–water partition coefficient (Wildman–Crippen LogP) is 6.65. The Hall–Kier alpha value is -4.14. The molecule has 0 N–H and O–H groups in total. The van der Waals surface area contributed by atoms with Gasteiger partial charge in [0.2, 0.25) is 0 Å². The highest BCUT2D eigenvalue weighted by atomic mass is 35.5. The molecule has 0 radical (unpaired) electrons. The number of hydrogen-bond donors (Lipinski definition) is 0. The van der Waals surface area contributed by atoms with Gasteiger partial charge in [0.15, 0.2) is 11.7 Å². The van der Waals surface area contributed by atoms with Crippen molar-refractivity contribution in [3.63, 3.8) is 0 Å². The molecule has 0 atom stereocenters. The van der Waals surface area contributed by atoms with Gasteiger partial charge >= 0.3 is 5.89 Å². The summed E-state index contributed by atoms with van der Waals surface area (Å²) in [6.45, 7) is 0.374. The molecule has 0 unspecified atom stereocenters. The van der Waals surface area contributed by atoms with Gasteiger partial charge in [-0.05, 0) is 59.7 Å². The number of benzene rings is 3. The maximum absolute atomic E-state index is 8.91. The van der Waals surface area contributed by atoms with Crippen molar-refractivity contribution in [1.29, 1.82) is 5.26 Å². The highest BCUT2D eigenvalue weighted by Crippen LogP contribution is 2.21. The number of fused-ring (bicyclic) bond motifs is 2. The van der Waals surface area contributed by atoms with Crippen LogP contribution < -0.4 is 4.74 Å². The first-order valence-electron chi connectivity index (χ1n) is 9.93. The van der Waals surface area contributed by atoms with Crippen LogP contribution >= 0.6 is 11.6 Å². The second-order valence-corrected chi connectivity index (χ2v) is 7.64. The van der Waals surface area contributed by atoms with Crippen molar-refractivity contribution in [2.45, 2.75) is 6.61 Å². The first kappa shape index (κ1) is 19.8. The fourth-order valence-electron chi connectivity index (χ4n) is 3.36. The molecule has 3 aromatic carbocycles. The third kappa shape index (κ3) is 4.31. The predicted molar refractivity (Wildman–Crippen MR) is 125 cm³/mol. The Balaban J connectivity index is 1.29. The lowest BCUT2D eigenvalue weighted by atomic mass is 10.1. The third-order valence-electron chi connectivity index (χ3n) is 4.93. The van der Waals surface area contributed by atoms with Crippen molar-refractivity contribution in [3.8, 4) is 11.8 Å². The number of ether oxygens (including phenoxy) is 1. The van der Waals surface area contributed by atoms with Gasteiger partial charge in [-0.2, -0.15) is 10.2 Å². The Morgan fingerprint density at radius 2 is 1.84 bits per heavy atom. The molecule has 154 valence electrons. The van der Waals surface area contributed by atoms with E-state index in [-0.39, 0.29) is 5.89 Å². The van der Waals surface area contributed by atoms with E-state index in [0.29, 0.717) is 22.7 Å². The minimum absolute atomic E-state index is 0.0570. The number of nitrogens with zero attached hydrogens (tertiary/aromatic N) is 3. The number of hydrogen-bond acceptors (Lipinski definition) is 5. The Morgan fingerprint density at radius 1 is 0.938 bits per heavy atom. The topological polar surface area (TPSA) is 71.9 Å². The molecule has 2 heterocycles. The van der Waals surface area contributed by atoms with Gasteiger partial charge < -0.3 is 9.15 Å². The second kappa shape index (κ2) is 8.54. The smallest absolute Gasteiger partial charge is 0.301 e. The van der Waals surface area contributed by atoms with Crippen LogP contribution in [0.1, 0.15) is 22.7 Å². The summed E-state index contributed by atoms with van der Waals surface area (Å²) in [5.74, 6) is 0.808. The average molecular weight is 438 g/mol. The Labute approximate surface area is 189 Å². The normalized spacial score (nSPS) is 11.2. The lowest BCUT2D eigenvalue weighted by Gasteiger charge is -2.07. The van der Waals surface area contributed by atoms with Gasteiger partial charge in [-0.15, -0.1) is 0 Å². The molecule has 0 aliphatic heterocycles. The molecule has 0 amide bonds. The van der Waals surface area contributed by atoms with Crippen LogP contribution in [-0.2, 0) is 6.61 Å². The number of nitriles is 1. The van der Waals surface area contributed by atoms with Crippen molar-refractivity contribution in [3.05, 3.63) is 101 Å². The van der Waals surface area contributed by atoms with Crippen LogP contribution in [0, 0.1) is 11.3 Å². The minimum atomic E-state index is 0.0570. The quantitative estimate of drug-likeness (QED) is 0.307. The van der Waals surface area contributed by atoms with Crippen LogP contribution in [0.25, 0.3) is 34.2 Å². The highest BCUT2D eigenvalue weighted by Gasteiger charge is 2.06. The van der Waals surface area contributed by atoms with E-state index >= 15 is 0 Å². The molecule has 5 rings (SSSR count). The van der Waals surface area contributed by atoms with Crippen LogP contribution in [0.4, 0.5) is 0 Å². The number of rotatable bonds is 5. The Morgan fingerprint density at radius 3 is 2.75 bits per heavy atom. The van der Waals surface area contributed by atoms with E-state index < -0.39 is 0 Å². The molecule has 6 heteroatoms. The van der Waals surface area contributed by atoms with Crippen molar-refractivity contribution in [2.24, 2.45) is 0 Å². The fraction of sp³-hybridized carbons (Fsp3) is 0.0385. The van der Waals surface area contributed by atoms with E-state index in [1.165, 1.54) is 0 Å². The molecule has 5 nitrogen and oxygen atoms in total. The first-order valence-corrected chi connectivity index (χ1v) is 10.3. The van der Waals surface area contributed by atoms with Crippen molar-refractivity contribution in [2.75, 3.05) is 0 Å². The Bertz CT molecular complexity index is 1520. The van der Waals surface area contributed by atoms with E-state index in [4.69, 9.17) is 26.0 Å². The monoisotopic (exact) mass is 437 g/mol. The Kier molecular flexibility index (Phi) is 5.29. The van der Waals surface area contributed by atoms with Gasteiger partial charge in [-0.1, -0.05) is 48.0 Å². The van der Waals surface area contributed by atoms with E-state index in [1.807, 2.05) is 91.0 Å². The second-order valence-electron chi connectivity index (χ2n) is 7.20. The molecule has 2 aromatic heterocycles. The summed E-state index contributed by atoms with van der Waals surface area (Å²) >= 11 is 6.08. The van der Waals surface area contributed by atoms with Crippen LogP contribution in [0.15, 0.2) is 77.2 Å². The van der Waals surface area contributed by atoms with Gasteiger partial charge in [-0.25, -0.2) is 4.98 Å². The lowest BCUT2D eigenvalue weighted by Crippen LogP contribution is -1.95. The molecule has 32 heavy (non-hydrogen) atoms. The molecule has 0 saturated heterocycles. The average Bonchev–Trinajstić information content (AvgIpc) is 3.24. The maximum atomic E-state index is 8.91. The summed E-state index contributed by atoms with van der Waals surface area (Å²) in [5, 5.41) is 10.6. The summed E-state index contributed by atoms with van der Waals surface area (Å²) in [5.41, 5.74) is 4.87. The molecule has 0 fully saturated rings. The minimum Gasteiger partial charge on any atom is -0.489 e. The zero-order valence-corrected chi connectivity index (χ0v) is 17.6. The van der Waals surface area contributed by atoms with Gasteiger partial charge in [-0.3, -0.25) is 0 Å². The molecule has 0 spiro atoms. The van der Waals surface area contributed by atoms with Gasteiger partial charge in [0.25, 0.3) is 0 Å². The number of pyridine rings is 1. The molecule has 0 bridgehead atoms.